The second-order valence-electron chi connectivity index (χ2n) is 6.36. The fourth-order valence-electron chi connectivity index (χ4n) is 2.66. The summed E-state index contributed by atoms with van der Waals surface area (Å²) in [5.41, 5.74) is 1.38. The van der Waals surface area contributed by atoms with Gasteiger partial charge in [0.25, 0.3) is 5.91 Å². The summed E-state index contributed by atoms with van der Waals surface area (Å²) in [6.45, 7) is 0.203. The van der Waals surface area contributed by atoms with E-state index in [0.29, 0.717) is 22.5 Å². The second-order valence-corrected chi connectivity index (χ2v) is 7.22. The number of hydrogen-bond acceptors (Lipinski definition) is 8. The van der Waals surface area contributed by atoms with Crippen molar-refractivity contribution in [2.75, 3.05) is 12.4 Å². The Morgan fingerprint density at radius 2 is 2.03 bits per heavy atom. The quantitative estimate of drug-likeness (QED) is 0.385. The standard InChI is InChI=1S/C20H18N6O4S/c1-29-14-6-4-12(5-7-14)18-23-16(25-26-18)10-21-17(27)9-13-11-31-20(22-13)24-19(28)15-3-2-8-30-15/h2-8,11H,9-10H2,1H3,(H,21,27)(H,22,24,28)(H,23,25,26). The van der Waals surface area contributed by atoms with Crippen LogP contribution in [-0.4, -0.2) is 39.1 Å². The highest BCUT2D eigenvalue weighted by atomic mass is 32.1. The monoisotopic (exact) mass is 438 g/mol. The summed E-state index contributed by atoms with van der Waals surface area (Å²) in [5.74, 6) is 1.38. The van der Waals surface area contributed by atoms with Gasteiger partial charge in [0, 0.05) is 10.9 Å². The first-order valence-corrected chi connectivity index (χ1v) is 10.1. The molecule has 0 fully saturated rings. The first kappa shape index (κ1) is 20.3. The van der Waals surface area contributed by atoms with Crippen LogP contribution in [0.2, 0.25) is 0 Å². The molecule has 11 heteroatoms. The van der Waals surface area contributed by atoms with E-state index < -0.39 is 5.91 Å². The number of carbonyl (C=O) groups excluding carboxylic acids is 2. The number of aromatic amines is 1. The van der Waals surface area contributed by atoms with Gasteiger partial charge in [0.2, 0.25) is 5.91 Å². The van der Waals surface area contributed by atoms with Gasteiger partial charge in [-0.3, -0.25) is 20.0 Å². The minimum Gasteiger partial charge on any atom is -0.497 e. The van der Waals surface area contributed by atoms with Crippen molar-refractivity contribution in [1.29, 1.82) is 0 Å². The Kier molecular flexibility index (Phi) is 6.03. The molecule has 158 valence electrons. The number of carbonyl (C=O) groups is 2. The summed E-state index contributed by atoms with van der Waals surface area (Å²) >= 11 is 1.23. The summed E-state index contributed by atoms with van der Waals surface area (Å²) in [4.78, 5) is 32.8. The number of amides is 2. The molecule has 0 unspecified atom stereocenters. The molecule has 0 saturated carbocycles. The highest BCUT2D eigenvalue weighted by Gasteiger charge is 2.13. The van der Waals surface area contributed by atoms with Crippen LogP contribution in [0.25, 0.3) is 11.4 Å². The lowest BCUT2D eigenvalue weighted by atomic mass is 10.2. The Morgan fingerprint density at radius 1 is 1.19 bits per heavy atom. The zero-order valence-electron chi connectivity index (χ0n) is 16.4. The molecule has 0 bridgehead atoms. The van der Waals surface area contributed by atoms with Crippen molar-refractivity contribution in [3.05, 3.63) is 65.3 Å². The summed E-state index contributed by atoms with van der Waals surface area (Å²) in [7, 11) is 1.60. The van der Waals surface area contributed by atoms with Crippen LogP contribution in [0.3, 0.4) is 0 Å². The summed E-state index contributed by atoms with van der Waals surface area (Å²) in [6, 6.07) is 10.5. The van der Waals surface area contributed by atoms with Gasteiger partial charge in [-0.15, -0.1) is 11.3 Å². The van der Waals surface area contributed by atoms with Crippen molar-refractivity contribution in [1.82, 2.24) is 25.5 Å². The molecular weight excluding hydrogens is 420 g/mol. The number of nitrogens with zero attached hydrogens (tertiary/aromatic N) is 3. The minimum absolute atomic E-state index is 0.0760. The number of nitrogens with one attached hydrogen (secondary N) is 3. The van der Waals surface area contributed by atoms with E-state index in [0.717, 1.165) is 11.3 Å². The zero-order chi connectivity index (χ0) is 21.6. The van der Waals surface area contributed by atoms with Crippen molar-refractivity contribution in [3.8, 4) is 17.1 Å². The molecule has 10 nitrogen and oxygen atoms in total. The predicted molar refractivity (Wildman–Crippen MR) is 113 cm³/mol. The fraction of sp³-hybridized carbons (Fsp3) is 0.150. The van der Waals surface area contributed by atoms with E-state index in [-0.39, 0.29) is 24.6 Å². The fourth-order valence-corrected chi connectivity index (χ4v) is 3.37. The number of benzene rings is 1. The van der Waals surface area contributed by atoms with Crippen molar-refractivity contribution >= 4 is 28.3 Å². The van der Waals surface area contributed by atoms with Gasteiger partial charge in [0.1, 0.15) is 11.6 Å². The normalized spacial score (nSPS) is 10.6. The maximum Gasteiger partial charge on any atom is 0.293 e. The van der Waals surface area contributed by atoms with Gasteiger partial charge >= 0.3 is 0 Å². The SMILES string of the molecule is COc1ccc(-c2n[nH]c(CNC(=O)Cc3csc(NC(=O)c4ccco4)n3)n2)cc1. The van der Waals surface area contributed by atoms with E-state index >= 15 is 0 Å². The maximum atomic E-state index is 12.2. The number of rotatable bonds is 8. The molecule has 31 heavy (non-hydrogen) atoms. The molecule has 0 aliphatic rings. The predicted octanol–water partition coefficient (Wildman–Crippen LogP) is 2.64. The smallest absolute Gasteiger partial charge is 0.293 e. The van der Waals surface area contributed by atoms with Gasteiger partial charge in [-0.25, -0.2) is 9.97 Å². The third-order valence-electron chi connectivity index (χ3n) is 4.19. The summed E-state index contributed by atoms with van der Waals surface area (Å²) in [6.07, 6.45) is 1.49. The molecule has 0 spiro atoms. The van der Waals surface area contributed by atoms with Crippen molar-refractivity contribution in [2.45, 2.75) is 13.0 Å². The molecule has 2 amide bonds. The molecule has 0 radical (unpaired) electrons. The summed E-state index contributed by atoms with van der Waals surface area (Å²) in [5, 5.41) is 14.5. The second kappa shape index (κ2) is 9.22. The average molecular weight is 438 g/mol. The minimum atomic E-state index is -0.395. The van der Waals surface area contributed by atoms with Crippen LogP contribution in [0, 0.1) is 0 Å². The Morgan fingerprint density at radius 3 is 2.77 bits per heavy atom. The van der Waals surface area contributed by atoms with Gasteiger partial charge in [0.15, 0.2) is 16.7 Å². The number of H-pyrrole nitrogens is 1. The average Bonchev–Trinajstić information content (AvgIpc) is 3.54. The Labute approximate surface area is 180 Å². The molecule has 3 N–H and O–H groups in total. The van der Waals surface area contributed by atoms with Gasteiger partial charge < -0.3 is 14.5 Å². The molecule has 3 aromatic heterocycles. The van der Waals surface area contributed by atoms with Crippen molar-refractivity contribution in [3.63, 3.8) is 0 Å². The molecule has 1 aromatic carbocycles. The van der Waals surface area contributed by atoms with Gasteiger partial charge in [-0.05, 0) is 36.4 Å². The van der Waals surface area contributed by atoms with Crippen LogP contribution in [0.4, 0.5) is 5.13 Å². The largest absolute Gasteiger partial charge is 0.497 e. The van der Waals surface area contributed by atoms with Gasteiger partial charge in [0.05, 0.1) is 32.0 Å². The lowest BCUT2D eigenvalue weighted by Gasteiger charge is -2.01. The topological polar surface area (TPSA) is 135 Å². The third-order valence-corrected chi connectivity index (χ3v) is 5.00. The number of aromatic nitrogens is 4. The van der Waals surface area contributed by atoms with Gasteiger partial charge in [-0.2, -0.15) is 5.10 Å². The molecule has 0 saturated heterocycles. The number of hydrogen-bond donors (Lipinski definition) is 3. The van der Waals surface area contributed by atoms with Crippen molar-refractivity contribution < 1.29 is 18.7 Å². The summed E-state index contributed by atoms with van der Waals surface area (Å²) < 4.78 is 10.2. The highest BCUT2D eigenvalue weighted by Crippen LogP contribution is 2.19. The lowest BCUT2D eigenvalue weighted by molar-refractivity contribution is -0.120. The molecule has 4 aromatic rings. The zero-order valence-corrected chi connectivity index (χ0v) is 17.2. The van der Waals surface area contributed by atoms with Crippen molar-refractivity contribution in [2.24, 2.45) is 0 Å². The van der Waals surface area contributed by atoms with Crippen LogP contribution >= 0.6 is 11.3 Å². The van der Waals surface area contributed by atoms with Crippen LogP contribution < -0.4 is 15.4 Å². The number of furan rings is 1. The molecule has 0 aliphatic carbocycles. The molecule has 0 atom stereocenters. The lowest BCUT2D eigenvalue weighted by Crippen LogP contribution is -2.25. The van der Waals surface area contributed by atoms with Crippen LogP contribution in [0.5, 0.6) is 5.75 Å². The van der Waals surface area contributed by atoms with E-state index in [1.54, 1.807) is 24.6 Å². The maximum absolute atomic E-state index is 12.2. The molecule has 4 rings (SSSR count). The van der Waals surface area contributed by atoms with Gasteiger partial charge in [-0.1, -0.05) is 0 Å². The van der Waals surface area contributed by atoms with Crippen LogP contribution in [0.15, 0.2) is 52.5 Å². The molecule has 0 aliphatic heterocycles. The van der Waals surface area contributed by atoms with E-state index in [1.165, 1.54) is 17.6 Å². The van der Waals surface area contributed by atoms with E-state index in [4.69, 9.17) is 9.15 Å². The van der Waals surface area contributed by atoms with E-state index in [1.807, 2.05) is 24.3 Å². The Bertz CT molecular complexity index is 1170. The number of ether oxygens (including phenoxy) is 1. The molecule has 3 heterocycles. The first-order chi connectivity index (χ1) is 15.1. The first-order valence-electron chi connectivity index (χ1n) is 9.22. The Hall–Kier alpha value is -3.99. The number of methoxy groups -OCH3 is 1. The number of thiazole rings is 1. The number of anilines is 1. The van der Waals surface area contributed by atoms with Crippen LogP contribution in [-0.2, 0) is 17.8 Å². The van der Waals surface area contributed by atoms with Crippen LogP contribution in [0.1, 0.15) is 22.1 Å². The molecular formula is C20H18N6O4S. The van der Waals surface area contributed by atoms with E-state index in [2.05, 4.69) is 30.8 Å². The van der Waals surface area contributed by atoms with E-state index in [9.17, 15) is 9.59 Å². The highest BCUT2D eigenvalue weighted by molar-refractivity contribution is 7.14. The Balaban J connectivity index is 1.27. The third kappa shape index (κ3) is 5.14.